The average Bonchev–Trinajstić information content (AvgIpc) is 2.33. The lowest BCUT2D eigenvalue weighted by Gasteiger charge is -1.88. The van der Waals surface area contributed by atoms with Crippen LogP contribution < -0.4 is 0 Å². The number of benzene rings is 1. The summed E-state index contributed by atoms with van der Waals surface area (Å²) >= 11 is 1.41. The van der Waals surface area contributed by atoms with E-state index in [4.69, 9.17) is 0 Å². The highest BCUT2D eigenvalue weighted by atomic mass is 32.1. The Morgan fingerprint density at radius 1 is 1.45 bits per heavy atom. The summed E-state index contributed by atoms with van der Waals surface area (Å²) in [5.41, 5.74) is 0.907. The maximum Gasteiger partial charge on any atom is 0.123 e. The maximum atomic E-state index is 12.7. The van der Waals surface area contributed by atoms with E-state index in [1.807, 2.05) is 6.92 Å². The third kappa shape index (κ3) is 1.01. The molecule has 0 fully saturated rings. The fourth-order valence-corrected chi connectivity index (χ4v) is 1.80. The van der Waals surface area contributed by atoms with Crippen molar-refractivity contribution in [1.82, 2.24) is 4.37 Å². The van der Waals surface area contributed by atoms with E-state index in [0.29, 0.717) is 0 Å². The van der Waals surface area contributed by atoms with Gasteiger partial charge in [-0.2, -0.15) is 4.37 Å². The van der Waals surface area contributed by atoms with Crippen molar-refractivity contribution in [1.29, 1.82) is 0 Å². The fraction of sp³-hybridized carbons (Fsp3) is 0.125. The van der Waals surface area contributed by atoms with Crippen molar-refractivity contribution < 1.29 is 4.39 Å². The van der Waals surface area contributed by atoms with Gasteiger partial charge in [-0.05, 0) is 36.7 Å². The molecule has 3 heteroatoms. The van der Waals surface area contributed by atoms with E-state index < -0.39 is 0 Å². The van der Waals surface area contributed by atoms with Gasteiger partial charge in [0.25, 0.3) is 0 Å². The number of aryl methyl sites for hydroxylation is 1. The lowest BCUT2D eigenvalue weighted by Crippen LogP contribution is -1.73. The van der Waals surface area contributed by atoms with E-state index in [-0.39, 0.29) is 5.82 Å². The van der Waals surface area contributed by atoms with Gasteiger partial charge >= 0.3 is 0 Å². The molecule has 0 radical (unpaired) electrons. The van der Waals surface area contributed by atoms with Crippen LogP contribution in [0, 0.1) is 12.7 Å². The Balaban J connectivity index is 2.87. The van der Waals surface area contributed by atoms with E-state index in [1.54, 1.807) is 6.07 Å². The molecule has 1 aromatic carbocycles. The van der Waals surface area contributed by atoms with Crippen molar-refractivity contribution in [2.24, 2.45) is 0 Å². The predicted octanol–water partition coefficient (Wildman–Crippen LogP) is 2.74. The van der Waals surface area contributed by atoms with Crippen LogP contribution in [0.2, 0.25) is 0 Å². The van der Waals surface area contributed by atoms with Gasteiger partial charge in [0, 0.05) is 5.39 Å². The van der Waals surface area contributed by atoms with Crippen LogP contribution in [0.1, 0.15) is 5.69 Å². The zero-order valence-corrected chi connectivity index (χ0v) is 6.78. The zero-order valence-electron chi connectivity index (χ0n) is 5.97. The number of fused-ring (bicyclic) bond motifs is 1. The molecule has 2 rings (SSSR count). The SMILES string of the molecule is Cc1nsc2ccc(F)cc12. The van der Waals surface area contributed by atoms with E-state index in [0.717, 1.165) is 15.8 Å². The van der Waals surface area contributed by atoms with Gasteiger partial charge in [-0.3, -0.25) is 0 Å². The number of nitrogens with zero attached hydrogens (tertiary/aromatic N) is 1. The summed E-state index contributed by atoms with van der Waals surface area (Å²) in [6, 6.07) is 4.74. The molecule has 0 aliphatic carbocycles. The Bertz CT molecular complexity index is 394. The Labute approximate surface area is 67.6 Å². The van der Waals surface area contributed by atoms with Gasteiger partial charge in [0.2, 0.25) is 0 Å². The molecule has 0 aliphatic heterocycles. The maximum absolute atomic E-state index is 12.7. The first-order valence-corrected chi connectivity index (χ1v) is 4.06. The minimum Gasteiger partial charge on any atom is -0.207 e. The largest absolute Gasteiger partial charge is 0.207 e. The Morgan fingerprint density at radius 2 is 2.27 bits per heavy atom. The lowest BCUT2D eigenvalue weighted by atomic mass is 10.2. The van der Waals surface area contributed by atoms with Crippen LogP contribution in [0.4, 0.5) is 4.39 Å². The first kappa shape index (κ1) is 6.73. The second kappa shape index (κ2) is 2.27. The summed E-state index contributed by atoms with van der Waals surface area (Å²) in [6.45, 7) is 1.89. The molecule has 2 aromatic rings. The molecule has 1 aromatic heterocycles. The highest BCUT2D eigenvalue weighted by molar-refractivity contribution is 7.13. The second-order valence-corrected chi connectivity index (χ2v) is 3.21. The minimum atomic E-state index is -0.194. The summed E-state index contributed by atoms with van der Waals surface area (Å²) in [4.78, 5) is 0. The molecule has 0 saturated heterocycles. The van der Waals surface area contributed by atoms with Crippen LogP contribution in [0.15, 0.2) is 18.2 Å². The monoisotopic (exact) mass is 167 g/mol. The number of hydrogen-bond donors (Lipinski definition) is 0. The average molecular weight is 167 g/mol. The first-order chi connectivity index (χ1) is 5.27. The molecular formula is C8H6FNS. The summed E-state index contributed by atoms with van der Waals surface area (Å²) < 4.78 is 17.8. The number of rotatable bonds is 0. The quantitative estimate of drug-likeness (QED) is 0.588. The normalized spacial score (nSPS) is 10.7. The summed E-state index contributed by atoms with van der Waals surface area (Å²) in [6.07, 6.45) is 0. The van der Waals surface area contributed by atoms with Gasteiger partial charge in [-0.25, -0.2) is 4.39 Å². The van der Waals surface area contributed by atoms with Crippen molar-refractivity contribution in [3.05, 3.63) is 29.7 Å². The molecule has 1 heterocycles. The van der Waals surface area contributed by atoms with Crippen LogP contribution in [0.3, 0.4) is 0 Å². The van der Waals surface area contributed by atoms with Gasteiger partial charge in [0.1, 0.15) is 5.82 Å². The van der Waals surface area contributed by atoms with Crippen molar-refractivity contribution in [2.75, 3.05) is 0 Å². The van der Waals surface area contributed by atoms with Crippen molar-refractivity contribution >= 4 is 21.6 Å². The standard InChI is InChI=1S/C8H6FNS/c1-5-7-4-6(9)2-3-8(7)11-10-5/h2-4H,1H3. The third-order valence-electron chi connectivity index (χ3n) is 1.61. The van der Waals surface area contributed by atoms with Gasteiger partial charge in [-0.1, -0.05) is 0 Å². The molecular weight excluding hydrogens is 161 g/mol. The second-order valence-electron chi connectivity index (χ2n) is 2.41. The van der Waals surface area contributed by atoms with Crippen LogP contribution >= 0.6 is 11.5 Å². The lowest BCUT2D eigenvalue weighted by molar-refractivity contribution is 0.630. The Kier molecular flexibility index (Phi) is 1.39. The summed E-state index contributed by atoms with van der Waals surface area (Å²) in [5.74, 6) is -0.194. The van der Waals surface area contributed by atoms with Gasteiger partial charge in [0.15, 0.2) is 0 Å². The van der Waals surface area contributed by atoms with Crippen LogP contribution in [0.5, 0.6) is 0 Å². The first-order valence-electron chi connectivity index (χ1n) is 3.29. The highest BCUT2D eigenvalue weighted by Crippen LogP contribution is 2.22. The smallest absolute Gasteiger partial charge is 0.123 e. The molecule has 0 aliphatic rings. The van der Waals surface area contributed by atoms with Crippen molar-refractivity contribution in [2.45, 2.75) is 6.92 Å². The summed E-state index contributed by atoms with van der Waals surface area (Å²) in [7, 11) is 0. The molecule has 0 saturated carbocycles. The molecule has 1 nitrogen and oxygen atoms in total. The number of hydrogen-bond acceptors (Lipinski definition) is 2. The topological polar surface area (TPSA) is 12.9 Å². The number of halogens is 1. The van der Waals surface area contributed by atoms with Crippen molar-refractivity contribution in [3.63, 3.8) is 0 Å². The molecule has 0 amide bonds. The fourth-order valence-electron chi connectivity index (χ4n) is 1.03. The van der Waals surface area contributed by atoms with E-state index in [1.165, 1.54) is 23.7 Å². The van der Waals surface area contributed by atoms with Crippen LogP contribution in [-0.4, -0.2) is 4.37 Å². The van der Waals surface area contributed by atoms with Crippen molar-refractivity contribution in [3.8, 4) is 0 Å². The third-order valence-corrected chi connectivity index (χ3v) is 2.53. The van der Waals surface area contributed by atoms with E-state index in [2.05, 4.69) is 4.37 Å². The molecule has 0 spiro atoms. The van der Waals surface area contributed by atoms with Gasteiger partial charge in [-0.15, -0.1) is 0 Å². The Hall–Kier alpha value is -0.960. The molecule has 56 valence electrons. The van der Waals surface area contributed by atoms with Crippen LogP contribution in [0.25, 0.3) is 10.1 Å². The summed E-state index contributed by atoms with van der Waals surface area (Å²) in [5, 5.41) is 0.926. The molecule has 0 atom stereocenters. The van der Waals surface area contributed by atoms with E-state index in [9.17, 15) is 4.39 Å². The molecule has 0 N–H and O–H groups in total. The minimum absolute atomic E-state index is 0.194. The molecule has 0 bridgehead atoms. The number of aromatic nitrogens is 1. The highest BCUT2D eigenvalue weighted by Gasteiger charge is 2.01. The van der Waals surface area contributed by atoms with Crippen LogP contribution in [-0.2, 0) is 0 Å². The molecule has 0 unspecified atom stereocenters. The van der Waals surface area contributed by atoms with E-state index >= 15 is 0 Å². The predicted molar refractivity (Wildman–Crippen MR) is 44.3 cm³/mol. The Morgan fingerprint density at radius 3 is 3.09 bits per heavy atom. The molecule has 11 heavy (non-hydrogen) atoms. The zero-order chi connectivity index (χ0) is 7.84. The van der Waals surface area contributed by atoms with Gasteiger partial charge in [0.05, 0.1) is 10.4 Å². The van der Waals surface area contributed by atoms with Gasteiger partial charge < -0.3 is 0 Å².